The van der Waals surface area contributed by atoms with Crippen molar-refractivity contribution >= 4 is 0 Å². The molecule has 0 saturated heterocycles. The molecule has 0 fully saturated rings. The first kappa shape index (κ1) is 16.0. The van der Waals surface area contributed by atoms with Crippen LogP contribution >= 0.6 is 0 Å². The molecule has 0 bridgehead atoms. The molecular formula is H2Cr2O4. The molecule has 6 heavy (non-hydrogen) atoms. The predicted octanol–water partition coefficient (Wildman–Crippen LogP) is -0.225. The molecule has 0 unspecified atom stereocenters. The van der Waals surface area contributed by atoms with Gasteiger partial charge in [0.1, 0.15) is 0 Å². The first-order valence-corrected chi connectivity index (χ1v) is 1.57. The Bertz CT molecular complexity index is 7.51. The molecule has 0 heterocycles. The number of hydrogen-bond acceptors (Lipinski definition) is 4. The summed E-state index contributed by atoms with van der Waals surface area (Å²) in [7, 11) is 0. The van der Waals surface area contributed by atoms with Gasteiger partial charge in [-0.15, -0.1) is 0 Å². The molecule has 0 aromatic carbocycles. The van der Waals surface area contributed by atoms with Gasteiger partial charge in [0.25, 0.3) is 0 Å². The maximum absolute atomic E-state index is 8.12. The Morgan fingerprint density at radius 3 is 0.833 bits per heavy atom. The molecule has 0 aliphatic carbocycles. The van der Waals surface area contributed by atoms with Gasteiger partial charge in [0.05, 0.1) is 0 Å². The van der Waals surface area contributed by atoms with Gasteiger partial charge >= 0.3 is 40.1 Å². The van der Waals surface area contributed by atoms with Crippen molar-refractivity contribution in [3.63, 3.8) is 0 Å². The van der Waals surface area contributed by atoms with Crippen molar-refractivity contribution in [1.29, 1.82) is 0 Å². The predicted molar refractivity (Wildman–Crippen MR) is 6.63 cm³/mol. The van der Waals surface area contributed by atoms with Crippen molar-refractivity contribution in [2.45, 2.75) is 0 Å². The standard InChI is InChI=1S/2Cr.H2O2.2O/c;;1-2;;/h;;1-2H;;. The Hall–Kier alpha value is 0.585. The minimum absolute atomic E-state index is 1.38. The summed E-state index contributed by atoms with van der Waals surface area (Å²) in [5.74, 6) is 0. The molecule has 0 saturated carbocycles. The fraction of sp³-hybridized carbons (Fsp3) is 0. The number of hydrogen-bond donors (Lipinski definition) is 2. The molecule has 0 spiro atoms. The zero-order valence-electron chi connectivity index (χ0n) is 2.53. The monoisotopic (exact) mass is 170 g/mol. The van der Waals surface area contributed by atoms with E-state index in [9.17, 15) is 0 Å². The van der Waals surface area contributed by atoms with Crippen molar-refractivity contribution in [2.75, 3.05) is 0 Å². The van der Waals surface area contributed by atoms with Crippen LogP contribution in [-0.4, -0.2) is 10.5 Å². The molecular weight excluding hydrogens is 168 g/mol. The second-order valence-corrected chi connectivity index (χ2v) is 0. The van der Waals surface area contributed by atoms with Crippen molar-refractivity contribution in [1.82, 2.24) is 0 Å². The van der Waals surface area contributed by atoms with Crippen LogP contribution in [0.4, 0.5) is 0 Å². The molecule has 38 valence electrons. The normalized spacial score (nSPS) is 2.33. The first-order chi connectivity index (χ1) is 3.00. The van der Waals surface area contributed by atoms with E-state index in [1.165, 1.54) is 32.4 Å². The SMILES string of the molecule is OO.[O]=[Cr].[O]=[Cr]. The first-order valence-electron chi connectivity index (χ1n) is 0.533. The van der Waals surface area contributed by atoms with Crippen LogP contribution < -0.4 is 0 Å². The average molecular weight is 170 g/mol. The summed E-state index contributed by atoms with van der Waals surface area (Å²) in [6.07, 6.45) is 0. The van der Waals surface area contributed by atoms with E-state index in [1.54, 1.807) is 0 Å². The molecule has 0 atom stereocenters. The summed E-state index contributed by atoms with van der Waals surface area (Å²) in [6, 6.07) is 0. The van der Waals surface area contributed by atoms with Gasteiger partial charge in [-0.2, -0.15) is 0 Å². The van der Waals surface area contributed by atoms with Crippen LogP contribution in [-0.2, 0) is 40.1 Å². The van der Waals surface area contributed by atoms with Gasteiger partial charge in [-0.3, -0.25) is 10.5 Å². The van der Waals surface area contributed by atoms with Crippen LogP contribution in [0.25, 0.3) is 0 Å². The zero-order chi connectivity index (χ0) is 6.00. The Morgan fingerprint density at radius 1 is 0.833 bits per heavy atom. The van der Waals surface area contributed by atoms with E-state index in [0.29, 0.717) is 0 Å². The fourth-order valence-corrected chi connectivity index (χ4v) is 0. The van der Waals surface area contributed by atoms with Gasteiger partial charge in [0.2, 0.25) is 0 Å². The summed E-state index contributed by atoms with van der Waals surface area (Å²) in [5, 5.41) is 12.0. The number of rotatable bonds is 0. The Morgan fingerprint density at radius 2 is 0.833 bits per heavy atom. The quantitative estimate of drug-likeness (QED) is 0.389. The summed E-state index contributed by atoms with van der Waals surface area (Å²) in [4.78, 5) is 0. The molecule has 0 rings (SSSR count). The zero-order valence-corrected chi connectivity index (χ0v) is 5.08. The summed E-state index contributed by atoms with van der Waals surface area (Å²) < 4.78 is 16.2. The fourth-order valence-electron chi connectivity index (χ4n) is 0. The van der Waals surface area contributed by atoms with Crippen molar-refractivity contribution < 1.29 is 50.6 Å². The summed E-state index contributed by atoms with van der Waals surface area (Å²) >= 11 is 2.75. The molecule has 0 aromatic heterocycles. The van der Waals surface area contributed by atoms with Crippen molar-refractivity contribution in [3.8, 4) is 0 Å². The maximum atomic E-state index is 8.12. The summed E-state index contributed by atoms with van der Waals surface area (Å²) in [6.45, 7) is 0. The third-order valence-electron chi connectivity index (χ3n) is 0. The van der Waals surface area contributed by atoms with Gasteiger partial charge < -0.3 is 0 Å². The molecule has 0 aromatic rings. The van der Waals surface area contributed by atoms with E-state index in [2.05, 4.69) is 0 Å². The van der Waals surface area contributed by atoms with Gasteiger partial charge in [0, 0.05) is 0 Å². The third-order valence-corrected chi connectivity index (χ3v) is 0. The van der Waals surface area contributed by atoms with Gasteiger partial charge in [-0.05, 0) is 0 Å². The second-order valence-electron chi connectivity index (χ2n) is 0. The third kappa shape index (κ3) is 172. The molecule has 2 N–H and O–H groups in total. The van der Waals surface area contributed by atoms with Crippen LogP contribution in [0.2, 0.25) is 0 Å². The van der Waals surface area contributed by atoms with Crippen LogP contribution in [0, 0.1) is 0 Å². The molecule has 4 nitrogen and oxygen atoms in total. The van der Waals surface area contributed by atoms with Gasteiger partial charge in [-0.1, -0.05) is 0 Å². The van der Waals surface area contributed by atoms with Crippen LogP contribution in [0.15, 0.2) is 0 Å². The second kappa shape index (κ2) is 343. The van der Waals surface area contributed by atoms with Crippen molar-refractivity contribution in [3.05, 3.63) is 0 Å². The minimum atomic E-state index is 1.38. The molecule has 0 aliphatic rings. The van der Waals surface area contributed by atoms with E-state index in [-0.39, 0.29) is 0 Å². The van der Waals surface area contributed by atoms with E-state index >= 15 is 0 Å². The Labute approximate surface area is 51.0 Å². The van der Waals surface area contributed by atoms with E-state index in [0.717, 1.165) is 0 Å². The molecule has 0 aliphatic heterocycles. The van der Waals surface area contributed by atoms with Gasteiger partial charge in [0.15, 0.2) is 0 Å². The molecule has 0 amide bonds. The van der Waals surface area contributed by atoms with Gasteiger partial charge in [-0.25, -0.2) is 0 Å². The van der Waals surface area contributed by atoms with E-state index in [1.807, 2.05) is 0 Å². The average Bonchev–Trinajstić information content (AvgIpc) is 1.81. The Balaban J connectivity index is -0.0000000225. The van der Waals surface area contributed by atoms with Crippen LogP contribution in [0.5, 0.6) is 0 Å². The van der Waals surface area contributed by atoms with E-state index < -0.39 is 0 Å². The Kier molecular flexibility index (Phi) is 914. The van der Waals surface area contributed by atoms with E-state index in [4.69, 9.17) is 18.1 Å². The summed E-state index contributed by atoms with van der Waals surface area (Å²) in [5.41, 5.74) is 0. The molecule has 6 heteroatoms. The van der Waals surface area contributed by atoms with Crippen molar-refractivity contribution in [2.24, 2.45) is 0 Å². The molecule has 0 radical (unpaired) electrons. The van der Waals surface area contributed by atoms with Crippen LogP contribution in [0.3, 0.4) is 0 Å². The van der Waals surface area contributed by atoms with Crippen LogP contribution in [0.1, 0.15) is 0 Å². The topological polar surface area (TPSA) is 74.6 Å².